The largest absolute Gasteiger partial charge is 0.492 e. The maximum absolute atomic E-state index is 13.4. The van der Waals surface area contributed by atoms with Crippen molar-refractivity contribution in [1.82, 2.24) is 5.32 Å². The van der Waals surface area contributed by atoms with E-state index in [2.05, 4.69) is 19.2 Å². The van der Waals surface area contributed by atoms with E-state index in [1.54, 1.807) is 30.3 Å². The van der Waals surface area contributed by atoms with Gasteiger partial charge in [0.05, 0.1) is 17.1 Å². The van der Waals surface area contributed by atoms with Crippen molar-refractivity contribution < 1.29 is 17.9 Å². The van der Waals surface area contributed by atoms with E-state index in [4.69, 9.17) is 4.74 Å². The Morgan fingerprint density at radius 1 is 0.941 bits per heavy atom. The molecule has 1 amide bonds. The van der Waals surface area contributed by atoms with E-state index in [1.807, 2.05) is 44.2 Å². The van der Waals surface area contributed by atoms with Crippen LogP contribution in [-0.4, -0.2) is 34.0 Å². The number of sulfonamides is 1. The molecule has 3 aromatic rings. The second kappa shape index (κ2) is 11.2. The molecule has 0 atom stereocenters. The molecule has 34 heavy (non-hydrogen) atoms. The summed E-state index contributed by atoms with van der Waals surface area (Å²) in [6, 6.07) is 21.2. The molecule has 7 heteroatoms. The second-order valence-corrected chi connectivity index (χ2v) is 10.4. The third kappa shape index (κ3) is 6.38. The second-order valence-electron chi connectivity index (χ2n) is 8.52. The van der Waals surface area contributed by atoms with Crippen LogP contribution >= 0.6 is 0 Å². The number of aryl methyl sites for hydroxylation is 2. The highest BCUT2D eigenvalue weighted by atomic mass is 32.2. The first-order valence-corrected chi connectivity index (χ1v) is 12.8. The minimum absolute atomic E-state index is 0.133. The first-order chi connectivity index (χ1) is 16.2. The summed E-state index contributed by atoms with van der Waals surface area (Å²) in [5, 5.41) is 2.76. The zero-order valence-electron chi connectivity index (χ0n) is 20.1. The Balaban J connectivity index is 1.70. The summed E-state index contributed by atoms with van der Waals surface area (Å²) in [5.74, 6) is 0.640. The Kier molecular flexibility index (Phi) is 8.34. The standard InChI is InChI=1S/C27H32N2O4S/c1-20(2)23-11-13-24(14-12-23)29(34(31,32)26-8-6-5-7-9-26)19-27(30)28-16-17-33-25-15-10-21(3)22(4)18-25/h5-15,18,20H,16-17,19H2,1-4H3,(H,28,30). The Labute approximate surface area is 202 Å². The lowest BCUT2D eigenvalue weighted by molar-refractivity contribution is -0.119. The number of hydrogen-bond acceptors (Lipinski definition) is 4. The van der Waals surface area contributed by atoms with Crippen molar-refractivity contribution >= 4 is 21.6 Å². The highest BCUT2D eigenvalue weighted by Crippen LogP contribution is 2.25. The molecule has 3 aromatic carbocycles. The van der Waals surface area contributed by atoms with Crippen molar-refractivity contribution in [3.63, 3.8) is 0 Å². The minimum Gasteiger partial charge on any atom is -0.492 e. The lowest BCUT2D eigenvalue weighted by atomic mass is 10.0. The number of nitrogens with one attached hydrogen (secondary N) is 1. The van der Waals surface area contributed by atoms with Crippen molar-refractivity contribution in [1.29, 1.82) is 0 Å². The van der Waals surface area contributed by atoms with Crippen LogP contribution in [0, 0.1) is 13.8 Å². The van der Waals surface area contributed by atoms with E-state index >= 15 is 0 Å². The number of nitrogens with zero attached hydrogens (tertiary/aromatic N) is 1. The minimum atomic E-state index is -3.92. The summed E-state index contributed by atoms with van der Waals surface area (Å²) >= 11 is 0. The summed E-state index contributed by atoms with van der Waals surface area (Å²) in [4.78, 5) is 12.9. The first kappa shape index (κ1) is 25.3. The number of rotatable bonds is 10. The van der Waals surface area contributed by atoms with Crippen LogP contribution in [0.5, 0.6) is 5.75 Å². The predicted molar refractivity (Wildman–Crippen MR) is 136 cm³/mol. The van der Waals surface area contributed by atoms with Crippen molar-refractivity contribution in [3.8, 4) is 5.75 Å². The van der Waals surface area contributed by atoms with E-state index in [0.29, 0.717) is 11.6 Å². The maximum Gasteiger partial charge on any atom is 0.264 e. The van der Waals surface area contributed by atoms with E-state index in [0.717, 1.165) is 21.2 Å². The van der Waals surface area contributed by atoms with Crippen LogP contribution in [0.2, 0.25) is 0 Å². The fourth-order valence-electron chi connectivity index (χ4n) is 3.41. The van der Waals surface area contributed by atoms with E-state index in [-0.39, 0.29) is 24.6 Å². The number of hydrogen-bond donors (Lipinski definition) is 1. The monoisotopic (exact) mass is 480 g/mol. The highest BCUT2D eigenvalue weighted by molar-refractivity contribution is 7.92. The zero-order valence-corrected chi connectivity index (χ0v) is 20.9. The van der Waals surface area contributed by atoms with Crippen LogP contribution in [0.3, 0.4) is 0 Å². The fourth-order valence-corrected chi connectivity index (χ4v) is 4.85. The van der Waals surface area contributed by atoms with Crippen molar-refractivity contribution in [2.24, 2.45) is 0 Å². The van der Waals surface area contributed by atoms with Crippen LogP contribution in [0.1, 0.15) is 36.5 Å². The average Bonchev–Trinajstić information content (AvgIpc) is 2.83. The summed E-state index contributed by atoms with van der Waals surface area (Å²) in [7, 11) is -3.92. The van der Waals surface area contributed by atoms with Crippen LogP contribution in [0.4, 0.5) is 5.69 Å². The van der Waals surface area contributed by atoms with Crippen molar-refractivity contribution in [3.05, 3.63) is 89.5 Å². The van der Waals surface area contributed by atoms with Crippen molar-refractivity contribution in [2.75, 3.05) is 24.0 Å². The molecule has 0 aliphatic rings. The van der Waals surface area contributed by atoms with Crippen molar-refractivity contribution in [2.45, 2.75) is 38.5 Å². The van der Waals surface area contributed by atoms with Gasteiger partial charge >= 0.3 is 0 Å². The third-order valence-electron chi connectivity index (χ3n) is 5.64. The Hall–Kier alpha value is -3.32. The topological polar surface area (TPSA) is 75.7 Å². The predicted octanol–water partition coefficient (Wildman–Crippen LogP) is 4.82. The SMILES string of the molecule is Cc1ccc(OCCNC(=O)CN(c2ccc(C(C)C)cc2)S(=O)(=O)c2ccccc2)cc1C. The average molecular weight is 481 g/mol. The zero-order chi connectivity index (χ0) is 24.7. The fraction of sp³-hybridized carbons (Fsp3) is 0.296. The number of carbonyl (C=O) groups excluding carboxylic acids is 1. The smallest absolute Gasteiger partial charge is 0.264 e. The van der Waals surface area contributed by atoms with Gasteiger partial charge in [0.2, 0.25) is 5.91 Å². The van der Waals surface area contributed by atoms with Gasteiger partial charge in [-0.15, -0.1) is 0 Å². The van der Waals surface area contributed by atoms with Gasteiger partial charge in [0.1, 0.15) is 18.9 Å². The molecule has 3 rings (SSSR count). The maximum atomic E-state index is 13.4. The Morgan fingerprint density at radius 2 is 1.62 bits per heavy atom. The van der Waals surface area contributed by atoms with E-state index in [9.17, 15) is 13.2 Å². The molecule has 0 heterocycles. The van der Waals surface area contributed by atoms with Gasteiger partial charge in [-0.1, -0.05) is 50.2 Å². The Morgan fingerprint density at radius 3 is 2.24 bits per heavy atom. The van der Waals surface area contributed by atoms with Gasteiger partial charge in [-0.05, 0) is 72.9 Å². The van der Waals surface area contributed by atoms with Crippen LogP contribution < -0.4 is 14.4 Å². The van der Waals surface area contributed by atoms with Gasteiger partial charge in [0.15, 0.2) is 0 Å². The molecule has 6 nitrogen and oxygen atoms in total. The van der Waals surface area contributed by atoms with Crippen LogP contribution in [-0.2, 0) is 14.8 Å². The number of amides is 1. The molecule has 0 aliphatic carbocycles. The quantitative estimate of drug-likeness (QED) is 0.422. The number of anilines is 1. The molecule has 180 valence electrons. The number of ether oxygens (including phenoxy) is 1. The first-order valence-electron chi connectivity index (χ1n) is 11.3. The summed E-state index contributed by atoms with van der Waals surface area (Å²) in [6.07, 6.45) is 0. The summed E-state index contributed by atoms with van der Waals surface area (Å²) < 4.78 is 33.6. The third-order valence-corrected chi connectivity index (χ3v) is 7.43. The lowest BCUT2D eigenvalue weighted by Crippen LogP contribution is -2.41. The number of benzene rings is 3. The van der Waals surface area contributed by atoms with Gasteiger partial charge in [0, 0.05) is 0 Å². The molecule has 0 unspecified atom stereocenters. The van der Waals surface area contributed by atoms with Gasteiger partial charge < -0.3 is 10.1 Å². The highest BCUT2D eigenvalue weighted by Gasteiger charge is 2.27. The molecule has 0 saturated carbocycles. The van der Waals surface area contributed by atoms with Crippen LogP contribution in [0.25, 0.3) is 0 Å². The molecular formula is C27H32N2O4S. The van der Waals surface area contributed by atoms with E-state index in [1.165, 1.54) is 17.7 Å². The molecule has 0 saturated heterocycles. The molecule has 1 N–H and O–H groups in total. The molecule has 0 aromatic heterocycles. The van der Waals surface area contributed by atoms with Crippen LogP contribution in [0.15, 0.2) is 77.7 Å². The molecule has 0 fully saturated rings. The molecule has 0 radical (unpaired) electrons. The number of carbonyl (C=O) groups is 1. The summed E-state index contributed by atoms with van der Waals surface area (Å²) in [5.41, 5.74) is 3.84. The molecule has 0 spiro atoms. The molecule has 0 bridgehead atoms. The normalized spacial score (nSPS) is 11.3. The lowest BCUT2D eigenvalue weighted by Gasteiger charge is -2.24. The van der Waals surface area contributed by atoms with Gasteiger partial charge in [-0.2, -0.15) is 0 Å². The van der Waals surface area contributed by atoms with Gasteiger partial charge in [0.25, 0.3) is 10.0 Å². The molecule has 0 aliphatic heterocycles. The summed E-state index contributed by atoms with van der Waals surface area (Å²) in [6.45, 7) is 8.40. The molecular weight excluding hydrogens is 448 g/mol. The van der Waals surface area contributed by atoms with Gasteiger partial charge in [-0.3, -0.25) is 9.10 Å². The Bertz CT molecular complexity index is 1210. The van der Waals surface area contributed by atoms with E-state index < -0.39 is 15.9 Å². The van der Waals surface area contributed by atoms with Gasteiger partial charge in [-0.25, -0.2) is 8.42 Å².